The molecule has 2 aromatic carbocycles. The van der Waals surface area contributed by atoms with Gasteiger partial charge in [0.2, 0.25) is 0 Å². The largest absolute Gasteiger partial charge is 0.486 e. The number of fused-ring (bicyclic) bond motifs is 1. The summed E-state index contributed by atoms with van der Waals surface area (Å²) in [4.78, 5) is 11.3. The number of hydrogen-bond donors (Lipinski definition) is 1. The maximum absolute atomic E-state index is 13.6. The van der Waals surface area contributed by atoms with E-state index in [2.05, 4.69) is 0 Å². The van der Waals surface area contributed by atoms with Crippen LogP contribution in [-0.2, 0) is 19.6 Å². The van der Waals surface area contributed by atoms with Crippen LogP contribution in [0.5, 0.6) is 5.75 Å². The van der Waals surface area contributed by atoms with Crippen molar-refractivity contribution in [2.75, 3.05) is 24.1 Å². The summed E-state index contributed by atoms with van der Waals surface area (Å²) < 4.78 is 40.1. The van der Waals surface area contributed by atoms with Gasteiger partial charge in [0.1, 0.15) is 11.9 Å². The molecule has 0 bridgehead atoms. The van der Waals surface area contributed by atoms with Crippen molar-refractivity contribution < 1.29 is 27.8 Å². The lowest BCUT2D eigenvalue weighted by molar-refractivity contribution is -0.137. The molecule has 32 heavy (non-hydrogen) atoms. The third-order valence-corrected chi connectivity index (χ3v) is 7.39. The fraction of sp³-hybridized carbons (Fsp3) is 0.375. The molecule has 0 amide bonds. The highest BCUT2D eigenvalue weighted by atomic mass is 32.2. The minimum atomic E-state index is -3.86. The van der Waals surface area contributed by atoms with E-state index in [1.807, 2.05) is 31.2 Å². The summed E-state index contributed by atoms with van der Waals surface area (Å²) in [5.74, 6) is -0.505. The smallest absolute Gasteiger partial charge is 0.303 e. The Morgan fingerprint density at radius 3 is 2.81 bits per heavy atom. The standard InChI is InChI=1S/C24H27NO6S/c1-17-4-2-6-21(12-17)32(28,29)25-15-20(8-10-24(26)27)31-23-9-7-18(14-22(23)25)13-19-5-3-11-30-16-19/h2,4,6-7,9,12-14,20H,3,5,8,10-11,15-16H2,1H3,(H,26,27)/b19-13-/t20-/m0/s1. The van der Waals surface area contributed by atoms with Crippen molar-refractivity contribution in [1.29, 1.82) is 0 Å². The van der Waals surface area contributed by atoms with Crippen LogP contribution in [0.1, 0.15) is 36.8 Å². The average molecular weight is 458 g/mol. The number of carbonyl (C=O) groups is 1. The Kier molecular flexibility index (Phi) is 6.53. The summed E-state index contributed by atoms with van der Waals surface area (Å²) in [5, 5.41) is 9.06. The Hall–Kier alpha value is -2.84. The predicted molar refractivity (Wildman–Crippen MR) is 121 cm³/mol. The summed E-state index contributed by atoms with van der Waals surface area (Å²) in [6.45, 7) is 3.24. The molecule has 1 atom stereocenters. The van der Waals surface area contributed by atoms with Gasteiger partial charge in [-0.2, -0.15) is 0 Å². The SMILES string of the molecule is Cc1cccc(S(=O)(=O)N2C[C@H](CCC(=O)O)Oc3ccc(/C=C4/CCCOC4)cc32)c1. The van der Waals surface area contributed by atoms with Crippen molar-refractivity contribution >= 4 is 27.8 Å². The van der Waals surface area contributed by atoms with E-state index in [9.17, 15) is 13.2 Å². The molecule has 0 aromatic heterocycles. The molecule has 170 valence electrons. The molecule has 2 aliphatic heterocycles. The van der Waals surface area contributed by atoms with Gasteiger partial charge in [-0.05, 0) is 67.2 Å². The number of carboxylic acid groups (broad SMARTS) is 1. The van der Waals surface area contributed by atoms with Gasteiger partial charge >= 0.3 is 5.97 Å². The number of aliphatic carboxylic acids is 1. The van der Waals surface area contributed by atoms with Gasteiger partial charge in [0.25, 0.3) is 10.0 Å². The Morgan fingerprint density at radius 1 is 1.25 bits per heavy atom. The quantitative estimate of drug-likeness (QED) is 0.705. The second kappa shape index (κ2) is 9.34. The van der Waals surface area contributed by atoms with Gasteiger partial charge in [-0.25, -0.2) is 8.42 Å². The van der Waals surface area contributed by atoms with Gasteiger partial charge in [0.15, 0.2) is 0 Å². The summed E-state index contributed by atoms with van der Waals surface area (Å²) in [5.41, 5.74) is 3.35. The van der Waals surface area contributed by atoms with Crippen LogP contribution in [0.25, 0.3) is 6.08 Å². The summed E-state index contributed by atoms with van der Waals surface area (Å²) in [7, 11) is -3.86. The van der Waals surface area contributed by atoms with Gasteiger partial charge in [-0.1, -0.05) is 24.3 Å². The van der Waals surface area contributed by atoms with Crippen molar-refractivity contribution in [3.8, 4) is 5.75 Å². The van der Waals surface area contributed by atoms with Gasteiger partial charge < -0.3 is 14.6 Å². The molecular formula is C24H27NO6S. The number of hydrogen-bond acceptors (Lipinski definition) is 5. The maximum Gasteiger partial charge on any atom is 0.303 e. The number of rotatable bonds is 6. The lowest BCUT2D eigenvalue weighted by Gasteiger charge is -2.35. The molecule has 2 heterocycles. The third kappa shape index (κ3) is 4.97. The lowest BCUT2D eigenvalue weighted by Crippen LogP contribution is -2.43. The van der Waals surface area contributed by atoms with Crippen molar-refractivity contribution in [2.45, 2.75) is 43.6 Å². The first-order chi connectivity index (χ1) is 15.3. The molecule has 1 saturated heterocycles. The van der Waals surface area contributed by atoms with Gasteiger partial charge in [0.05, 0.1) is 23.7 Å². The Morgan fingerprint density at radius 2 is 2.09 bits per heavy atom. The predicted octanol–water partition coefficient (Wildman–Crippen LogP) is 4.01. The Bertz CT molecular complexity index is 1130. The van der Waals surface area contributed by atoms with Gasteiger partial charge in [-0.15, -0.1) is 0 Å². The van der Waals surface area contributed by atoms with Crippen LogP contribution in [0.4, 0.5) is 5.69 Å². The number of benzene rings is 2. The molecule has 0 radical (unpaired) electrons. The van der Waals surface area contributed by atoms with Crippen LogP contribution >= 0.6 is 0 Å². The topological polar surface area (TPSA) is 93.1 Å². The minimum absolute atomic E-state index is 0.0552. The van der Waals surface area contributed by atoms with Crippen molar-refractivity contribution in [3.63, 3.8) is 0 Å². The molecule has 0 unspecified atom stereocenters. The first-order valence-electron chi connectivity index (χ1n) is 10.7. The fourth-order valence-corrected chi connectivity index (χ4v) is 5.61. The number of anilines is 1. The molecule has 0 spiro atoms. The molecule has 0 aliphatic carbocycles. The Labute approximate surface area is 188 Å². The molecule has 8 heteroatoms. The number of aryl methyl sites for hydroxylation is 1. The van der Waals surface area contributed by atoms with Crippen molar-refractivity contribution in [1.82, 2.24) is 0 Å². The second-order valence-electron chi connectivity index (χ2n) is 8.21. The van der Waals surface area contributed by atoms with E-state index in [1.54, 1.807) is 24.3 Å². The molecular weight excluding hydrogens is 430 g/mol. The van der Waals surface area contributed by atoms with Gasteiger partial charge in [0, 0.05) is 13.0 Å². The van der Waals surface area contributed by atoms with E-state index in [4.69, 9.17) is 14.6 Å². The highest BCUT2D eigenvalue weighted by Crippen LogP contribution is 2.39. The summed E-state index contributed by atoms with van der Waals surface area (Å²) >= 11 is 0. The maximum atomic E-state index is 13.6. The molecule has 1 fully saturated rings. The zero-order valence-corrected chi connectivity index (χ0v) is 18.8. The van der Waals surface area contributed by atoms with Crippen LogP contribution in [-0.4, -0.2) is 45.4 Å². The molecule has 2 aromatic rings. The highest BCUT2D eigenvalue weighted by molar-refractivity contribution is 7.92. The van der Waals surface area contributed by atoms with Crippen LogP contribution in [0, 0.1) is 6.92 Å². The van der Waals surface area contributed by atoms with Crippen LogP contribution in [0.15, 0.2) is 52.9 Å². The number of sulfonamides is 1. The Balaban J connectivity index is 1.73. The van der Waals surface area contributed by atoms with Crippen molar-refractivity contribution in [2.24, 2.45) is 0 Å². The molecule has 4 rings (SSSR count). The van der Waals surface area contributed by atoms with E-state index in [0.717, 1.165) is 30.6 Å². The van der Waals surface area contributed by atoms with Crippen LogP contribution < -0.4 is 9.04 Å². The highest BCUT2D eigenvalue weighted by Gasteiger charge is 2.35. The lowest BCUT2D eigenvalue weighted by atomic mass is 10.0. The zero-order chi connectivity index (χ0) is 22.7. The minimum Gasteiger partial charge on any atom is -0.486 e. The van der Waals surface area contributed by atoms with Gasteiger partial charge in [-0.3, -0.25) is 9.10 Å². The summed E-state index contributed by atoms with van der Waals surface area (Å²) in [6.07, 6.45) is 3.54. The summed E-state index contributed by atoms with van der Waals surface area (Å²) in [6, 6.07) is 12.2. The molecule has 1 N–H and O–H groups in total. The van der Waals surface area contributed by atoms with E-state index < -0.39 is 22.1 Å². The first kappa shape index (κ1) is 22.4. The molecule has 7 nitrogen and oxygen atoms in total. The van der Waals surface area contributed by atoms with E-state index in [-0.39, 0.29) is 24.3 Å². The van der Waals surface area contributed by atoms with Crippen LogP contribution in [0.3, 0.4) is 0 Å². The van der Waals surface area contributed by atoms with Crippen molar-refractivity contribution in [3.05, 3.63) is 59.2 Å². The zero-order valence-electron chi connectivity index (χ0n) is 18.0. The average Bonchev–Trinajstić information content (AvgIpc) is 2.78. The monoisotopic (exact) mass is 457 g/mol. The number of ether oxygens (including phenoxy) is 2. The molecule has 2 aliphatic rings. The third-order valence-electron chi connectivity index (χ3n) is 5.62. The van der Waals surface area contributed by atoms with E-state index in [0.29, 0.717) is 18.0 Å². The normalized spacial score (nSPS) is 20.0. The van der Waals surface area contributed by atoms with E-state index in [1.165, 1.54) is 9.88 Å². The van der Waals surface area contributed by atoms with Crippen LogP contribution in [0.2, 0.25) is 0 Å². The number of nitrogens with zero attached hydrogens (tertiary/aromatic N) is 1. The second-order valence-corrected chi connectivity index (χ2v) is 10.1. The molecule has 0 saturated carbocycles. The first-order valence-corrected chi connectivity index (χ1v) is 12.2. The van der Waals surface area contributed by atoms with E-state index >= 15 is 0 Å². The fourth-order valence-electron chi connectivity index (χ4n) is 4.01. The number of carboxylic acids is 1.